The van der Waals surface area contributed by atoms with E-state index in [9.17, 15) is 13.2 Å². The zero-order valence-electron chi connectivity index (χ0n) is 10.7. The van der Waals surface area contributed by atoms with Crippen LogP contribution in [0.25, 0.3) is 0 Å². The van der Waals surface area contributed by atoms with E-state index in [4.69, 9.17) is 5.26 Å². The van der Waals surface area contributed by atoms with Gasteiger partial charge in [-0.15, -0.1) is 0 Å². The maximum atomic E-state index is 12.0. The molecule has 0 saturated heterocycles. The highest BCUT2D eigenvalue weighted by molar-refractivity contribution is 7.93. The molecule has 0 bridgehead atoms. The number of carbonyl (C=O) groups excluding carboxylic acids is 1. The summed E-state index contributed by atoms with van der Waals surface area (Å²) < 4.78 is 29.5. The zero-order chi connectivity index (χ0) is 14.5. The largest absolute Gasteiger partial charge is 0.465 e. The first-order chi connectivity index (χ1) is 8.90. The minimum atomic E-state index is -3.81. The fraction of sp³-hybridized carbons (Fsp3) is 0.333. The summed E-state index contributed by atoms with van der Waals surface area (Å²) in [6.45, 7) is 1.73. The summed E-state index contributed by atoms with van der Waals surface area (Å²) in [4.78, 5) is 11.2. The number of sulfonamides is 1. The molecule has 1 aromatic carbocycles. The summed E-state index contributed by atoms with van der Waals surface area (Å²) in [5.74, 6) is -1.53. The Morgan fingerprint density at radius 3 is 2.74 bits per heavy atom. The molecule has 0 amide bonds. The second kappa shape index (κ2) is 6.20. The van der Waals surface area contributed by atoms with E-state index in [1.807, 2.05) is 6.07 Å². The minimum Gasteiger partial charge on any atom is -0.465 e. The molecule has 102 valence electrons. The van der Waals surface area contributed by atoms with Crippen molar-refractivity contribution in [3.63, 3.8) is 0 Å². The van der Waals surface area contributed by atoms with Gasteiger partial charge in [-0.3, -0.25) is 9.10 Å². The summed E-state index contributed by atoms with van der Waals surface area (Å²) in [7, 11) is -2.49. The molecule has 0 aromatic heterocycles. The van der Waals surface area contributed by atoms with Gasteiger partial charge in [-0.1, -0.05) is 6.07 Å². The lowest BCUT2D eigenvalue weighted by molar-refractivity contribution is -0.139. The summed E-state index contributed by atoms with van der Waals surface area (Å²) in [6.07, 6.45) is 0. The third-order valence-corrected chi connectivity index (χ3v) is 4.01. The number of ether oxygens (including phenoxy) is 1. The highest BCUT2D eigenvalue weighted by atomic mass is 32.2. The first-order valence-electron chi connectivity index (χ1n) is 5.53. The van der Waals surface area contributed by atoms with Crippen LogP contribution >= 0.6 is 0 Å². The second-order valence-corrected chi connectivity index (χ2v) is 5.69. The molecule has 0 radical (unpaired) electrons. The molecule has 0 heterocycles. The Bertz CT molecular complexity index is 604. The predicted molar refractivity (Wildman–Crippen MR) is 70.0 cm³/mol. The Morgan fingerprint density at radius 1 is 1.47 bits per heavy atom. The number of hydrogen-bond acceptors (Lipinski definition) is 5. The first kappa shape index (κ1) is 15.0. The van der Waals surface area contributed by atoms with E-state index in [-0.39, 0.29) is 6.61 Å². The molecule has 0 N–H and O–H groups in total. The van der Waals surface area contributed by atoms with E-state index in [1.54, 1.807) is 25.1 Å². The molecule has 1 rings (SSSR count). The maximum Gasteiger partial charge on any atom is 0.323 e. The van der Waals surface area contributed by atoms with Crippen molar-refractivity contribution < 1.29 is 17.9 Å². The number of carbonyl (C=O) groups is 1. The Balaban J connectivity index is 2.95. The molecular weight excluding hydrogens is 268 g/mol. The summed E-state index contributed by atoms with van der Waals surface area (Å²) in [5.41, 5.74) is 0.666. The fourth-order valence-electron chi connectivity index (χ4n) is 1.38. The third-order valence-electron chi connectivity index (χ3n) is 2.36. The topological polar surface area (TPSA) is 87.5 Å². The van der Waals surface area contributed by atoms with Gasteiger partial charge in [0.2, 0.25) is 10.0 Å². The van der Waals surface area contributed by atoms with Gasteiger partial charge in [0.15, 0.2) is 5.75 Å². The number of anilines is 1. The number of nitrogens with zero attached hydrogens (tertiary/aromatic N) is 2. The van der Waals surface area contributed by atoms with E-state index < -0.39 is 21.7 Å². The van der Waals surface area contributed by atoms with Gasteiger partial charge >= 0.3 is 5.97 Å². The normalized spacial score (nSPS) is 10.6. The summed E-state index contributed by atoms with van der Waals surface area (Å²) >= 11 is 0. The average Bonchev–Trinajstić information content (AvgIpc) is 2.37. The van der Waals surface area contributed by atoms with E-state index >= 15 is 0 Å². The van der Waals surface area contributed by atoms with Crippen molar-refractivity contribution in [1.29, 1.82) is 5.26 Å². The number of benzene rings is 1. The summed E-state index contributed by atoms with van der Waals surface area (Å²) in [5, 5.41) is 8.77. The van der Waals surface area contributed by atoms with Crippen LogP contribution in [0.1, 0.15) is 12.5 Å². The monoisotopic (exact) mass is 282 g/mol. The smallest absolute Gasteiger partial charge is 0.323 e. The molecule has 0 fully saturated rings. The Morgan fingerprint density at radius 2 is 2.16 bits per heavy atom. The van der Waals surface area contributed by atoms with E-state index in [2.05, 4.69) is 4.74 Å². The van der Waals surface area contributed by atoms with Crippen molar-refractivity contribution in [2.75, 3.05) is 23.7 Å². The van der Waals surface area contributed by atoms with Gasteiger partial charge in [0.25, 0.3) is 0 Å². The maximum absolute atomic E-state index is 12.0. The van der Waals surface area contributed by atoms with E-state index in [0.717, 1.165) is 4.31 Å². The molecular formula is C12H14N2O4S. The van der Waals surface area contributed by atoms with Crippen molar-refractivity contribution in [2.45, 2.75) is 6.92 Å². The molecule has 6 nitrogen and oxygen atoms in total. The SMILES string of the molecule is CCOC(=O)CS(=O)(=O)N(C)c1cccc(C#N)c1. The van der Waals surface area contributed by atoms with E-state index in [1.165, 1.54) is 13.1 Å². The van der Waals surface area contributed by atoms with Crippen molar-refractivity contribution in [3.05, 3.63) is 29.8 Å². The zero-order valence-corrected chi connectivity index (χ0v) is 11.5. The second-order valence-electron chi connectivity index (χ2n) is 3.69. The minimum absolute atomic E-state index is 0.127. The molecule has 0 aliphatic rings. The quantitative estimate of drug-likeness (QED) is 0.748. The van der Waals surface area contributed by atoms with Gasteiger partial charge in [-0.25, -0.2) is 8.42 Å². The number of rotatable bonds is 5. The average molecular weight is 282 g/mol. The molecule has 0 aliphatic heterocycles. The van der Waals surface area contributed by atoms with Crippen LogP contribution in [0.3, 0.4) is 0 Å². The van der Waals surface area contributed by atoms with Gasteiger partial charge in [0, 0.05) is 7.05 Å². The fourth-order valence-corrected chi connectivity index (χ4v) is 2.39. The molecule has 1 aromatic rings. The van der Waals surface area contributed by atoms with Gasteiger partial charge < -0.3 is 4.74 Å². The highest BCUT2D eigenvalue weighted by Crippen LogP contribution is 2.17. The van der Waals surface area contributed by atoms with Crippen LogP contribution < -0.4 is 4.31 Å². The highest BCUT2D eigenvalue weighted by Gasteiger charge is 2.23. The predicted octanol–water partition coefficient (Wildman–Crippen LogP) is 0.887. The molecule has 7 heteroatoms. The van der Waals surface area contributed by atoms with E-state index in [0.29, 0.717) is 11.3 Å². The lowest BCUT2D eigenvalue weighted by Crippen LogP contribution is -2.33. The molecule has 19 heavy (non-hydrogen) atoms. The Labute approximate surface area is 112 Å². The van der Waals surface area contributed by atoms with Crippen LogP contribution in [0.4, 0.5) is 5.69 Å². The van der Waals surface area contributed by atoms with Crippen LogP contribution in [0, 0.1) is 11.3 Å². The van der Waals surface area contributed by atoms with Crippen molar-refractivity contribution in [3.8, 4) is 6.07 Å². The van der Waals surface area contributed by atoms with Crippen LogP contribution in [-0.4, -0.2) is 33.8 Å². The molecule has 0 atom stereocenters. The summed E-state index contributed by atoms with van der Waals surface area (Å²) in [6, 6.07) is 8.04. The van der Waals surface area contributed by atoms with Crippen molar-refractivity contribution in [1.82, 2.24) is 0 Å². The van der Waals surface area contributed by atoms with Crippen LogP contribution in [0.2, 0.25) is 0 Å². The van der Waals surface area contributed by atoms with Crippen molar-refractivity contribution >= 4 is 21.7 Å². The number of hydrogen-bond donors (Lipinski definition) is 0. The molecule has 0 aliphatic carbocycles. The lowest BCUT2D eigenvalue weighted by Gasteiger charge is -2.18. The molecule has 0 unspecified atom stereocenters. The lowest BCUT2D eigenvalue weighted by atomic mass is 10.2. The van der Waals surface area contributed by atoms with Crippen LogP contribution in [0.5, 0.6) is 0 Å². The van der Waals surface area contributed by atoms with Crippen LogP contribution in [0.15, 0.2) is 24.3 Å². The van der Waals surface area contributed by atoms with Gasteiger partial charge in [0.1, 0.15) is 0 Å². The Hall–Kier alpha value is -2.07. The standard InChI is InChI=1S/C12H14N2O4S/c1-3-18-12(15)9-19(16,17)14(2)11-6-4-5-10(7-11)8-13/h4-7H,3,9H2,1-2H3. The van der Waals surface area contributed by atoms with Gasteiger partial charge in [-0.05, 0) is 25.1 Å². The number of esters is 1. The first-order valence-corrected chi connectivity index (χ1v) is 7.14. The van der Waals surface area contributed by atoms with Gasteiger partial charge in [-0.2, -0.15) is 5.26 Å². The van der Waals surface area contributed by atoms with Gasteiger partial charge in [0.05, 0.1) is 23.9 Å². The molecule has 0 spiro atoms. The van der Waals surface area contributed by atoms with Crippen molar-refractivity contribution in [2.24, 2.45) is 0 Å². The van der Waals surface area contributed by atoms with Crippen LogP contribution in [-0.2, 0) is 19.6 Å². The third kappa shape index (κ3) is 3.96. The molecule has 0 saturated carbocycles. The Kier molecular flexibility index (Phi) is 4.89. The number of nitriles is 1.